The molecule has 2 heterocycles. The van der Waals surface area contributed by atoms with Gasteiger partial charge in [-0.1, -0.05) is 28.8 Å². The largest absolute Gasteiger partial charge is 0.486 e. The first-order valence-electron chi connectivity index (χ1n) is 8.70. The molecule has 1 N–H and O–H groups in total. The van der Waals surface area contributed by atoms with Crippen molar-refractivity contribution in [3.63, 3.8) is 0 Å². The number of carboxylic acids is 1. The predicted molar refractivity (Wildman–Crippen MR) is 92.5 cm³/mol. The molecule has 1 aromatic rings. The van der Waals surface area contributed by atoms with Crippen molar-refractivity contribution in [2.24, 2.45) is 5.92 Å². The Morgan fingerprint density at radius 1 is 1.21 bits per heavy atom. The summed E-state index contributed by atoms with van der Waals surface area (Å²) >= 11 is 3.62. The lowest BCUT2D eigenvalue weighted by Crippen LogP contribution is -2.41. The van der Waals surface area contributed by atoms with Crippen LogP contribution in [-0.2, 0) is 11.3 Å². The van der Waals surface area contributed by atoms with Gasteiger partial charge in [0.05, 0.1) is 0 Å². The van der Waals surface area contributed by atoms with Crippen LogP contribution in [0, 0.1) is 5.92 Å². The molecule has 2 fully saturated rings. The van der Waals surface area contributed by atoms with E-state index < -0.39 is 5.97 Å². The Kier molecular flexibility index (Phi) is 4.43. The molecule has 5 nitrogen and oxygen atoms in total. The minimum absolute atomic E-state index is 0.377. The van der Waals surface area contributed by atoms with E-state index in [4.69, 9.17) is 9.47 Å². The second kappa shape index (κ2) is 6.56. The van der Waals surface area contributed by atoms with Crippen LogP contribution in [0.2, 0.25) is 0 Å². The maximum absolute atomic E-state index is 11.8. The molecule has 0 radical (unpaired) electrons. The van der Waals surface area contributed by atoms with Crippen LogP contribution in [0.25, 0.3) is 0 Å². The molecule has 4 rings (SSSR count). The van der Waals surface area contributed by atoms with Crippen molar-refractivity contribution in [1.29, 1.82) is 0 Å². The fourth-order valence-electron chi connectivity index (χ4n) is 4.45. The Hall–Kier alpha value is -1.27. The van der Waals surface area contributed by atoms with E-state index in [1.807, 2.05) is 12.1 Å². The summed E-state index contributed by atoms with van der Waals surface area (Å²) in [5.41, 5.74) is 1.07. The first kappa shape index (κ1) is 16.2. The summed E-state index contributed by atoms with van der Waals surface area (Å²) < 4.78 is 12.2. The third-order valence-corrected chi connectivity index (χ3v) is 6.31. The van der Waals surface area contributed by atoms with Crippen LogP contribution in [0.4, 0.5) is 0 Å². The molecule has 3 unspecified atom stereocenters. The SMILES string of the molecule is O=C(O)C1CC2CCCCC2N1Cc1cc2c(cc1Br)OCCO2. The van der Waals surface area contributed by atoms with E-state index in [2.05, 4.69) is 20.8 Å². The quantitative estimate of drug-likeness (QED) is 0.849. The van der Waals surface area contributed by atoms with Gasteiger partial charge in [-0.05, 0) is 42.9 Å². The van der Waals surface area contributed by atoms with Crippen LogP contribution in [0.1, 0.15) is 37.7 Å². The van der Waals surface area contributed by atoms with Crippen molar-refractivity contribution in [3.05, 3.63) is 22.2 Å². The molecule has 24 heavy (non-hydrogen) atoms. The van der Waals surface area contributed by atoms with Crippen molar-refractivity contribution < 1.29 is 19.4 Å². The third-order valence-electron chi connectivity index (χ3n) is 5.57. The van der Waals surface area contributed by atoms with Gasteiger partial charge in [0.25, 0.3) is 0 Å². The Balaban J connectivity index is 1.61. The van der Waals surface area contributed by atoms with Gasteiger partial charge in [0, 0.05) is 17.1 Å². The Morgan fingerprint density at radius 3 is 2.67 bits per heavy atom. The van der Waals surface area contributed by atoms with Crippen LogP contribution in [-0.4, -0.2) is 41.3 Å². The van der Waals surface area contributed by atoms with Gasteiger partial charge in [-0.3, -0.25) is 9.69 Å². The normalized spacial score (nSPS) is 29.3. The van der Waals surface area contributed by atoms with Crippen molar-refractivity contribution in [2.75, 3.05) is 13.2 Å². The fourth-order valence-corrected chi connectivity index (χ4v) is 4.89. The smallest absolute Gasteiger partial charge is 0.320 e. The molecule has 1 saturated carbocycles. The van der Waals surface area contributed by atoms with Gasteiger partial charge in [0.1, 0.15) is 19.3 Å². The highest BCUT2D eigenvalue weighted by Gasteiger charge is 2.45. The second-order valence-corrected chi connectivity index (χ2v) is 7.82. The molecule has 3 atom stereocenters. The maximum atomic E-state index is 11.8. The van der Waals surface area contributed by atoms with Gasteiger partial charge in [0.15, 0.2) is 11.5 Å². The molecule has 1 saturated heterocycles. The van der Waals surface area contributed by atoms with E-state index in [0.29, 0.717) is 31.7 Å². The van der Waals surface area contributed by atoms with Gasteiger partial charge in [-0.2, -0.15) is 0 Å². The predicted octanol–water partition coefficient (Wildman–Crippen LogP) is 3.44. The van der Waals surface area contributed by atoms with Crippen molar-refractivity contribution in [3.8, 4) is 11.5 Å². The van der Waals surface area contributed by atoms with E-state index in [1.54, 1.807) is 0 Å². The topological polar surface area (TPSA) is 59.0 Å². The van der Waals surface area contributed by atoms with E-state index >= 15 is 0 Å². The molecule has 0 aromatic heterocycles. The lowest BCUT2D eigenvalue weighted by Gasteiger charge is -2.33. The van der Waals surface area contributed by atoms with Crippen LogP contribution in [0.5, 0.6) is 11.5 Å². The zero-order valence-corrected chi connectivity index (χ0v) is 15.1. The number of likely N-dealkylation sites (tertiary alicyclic amines) is 1. The zero-order chi connectivity index (χ0) is 16.7. The second-order valence-electron chi connectivity index (χ2n) is 6.96. The number of halogens is 1. The van der Waals surface area contributed by atoms with E-state index in [0.717, 1.165) is 40.8 Å². The molecule has 2 aliphatic heterocycles. The number of rotatable bonds is 3. The Morgan fingerprint density at radius 2 is 1.92 bits per heavy atom. The van der Waals surface area contributed by atoms with Gasteiger partial charge in [0.2, 0.25) is 0 Å². The number of carbonyl (C=O) groups is 1. The lowest BCUT2D eigenvalue weighted by molar-refractivity contribution is -0.142. The van der Waals surface area contributed by atoms with E-state index in [9.17, 15) is 9.90 Å². The van der Waals surface area contributed by atoms with Gasteiger partial charge < -0.3 is 14.6 Å². The highest BCUT2D eigenvalue weighted by molar-refractivity contribution is 9.10. The standard InChI is InChI=1S/C18H22BrNO4/c19-13-9-17-16(23-5-6-24-17)8-12(13)10-20-14-4-2-1-3-11(14)7-15(20)18(21)22/h8-9,11,14-15H,1-7,10H2,(H,21,22). The van der Waals surface area contributed by atoms with E-state index in [1.165, 1.54) is 12.8 Å². The Bertz CT molecular complexity index is 650. The van der Waals surface area contributed by atoms with Crippen LogP contribution in [0.15, 0.2) is 16.6 Å². The number of aliphatic carboxylic acids is 1. The summed E-state index contributed by atoms with van der Waals surface area (Å²) in [4.78, 5) is 14.0. The number of ether oxygens (including phenoxy) is 2. The molecular weight excluding hydrogens is 374 g/mol. The van der Waals surface area contributed by atoms with Gasteiger partial charge in [-0.15, -0.1) is 0 Å². The number of fused-ring (bicyclic) bond motifs is 2. The maximum Gasteiger partial charge on any atom is 0.320 e. The first-order chi connectivity index (χ1) is 11.6. The average Bonchev–Trinajstić information content (AvgIpc) is 2.95. The highest BCUT2D eigenvalue weighted by atomic mass is 79.9. The number of nitrogens with zero attached hydrogens (tertiary/aromatic N) is 1. The van der Waals surface area contributed by atoms with Crippen molar-refractivity contribution in [1.82, 2.24) is 4.90 Å². The zero-order valence-electron chi connectivity index (χ0n) is 13.5. The summed E-state index contributed by atoms with van der Waals surface area (Å²) in [5.74, 6) is 1.34. The summed E-state index contributed by atoms with van der Waals surface area (Å²) in [6, 6.07) is 3.94. The van der Waals surface area contributed by atoms with Crippen LogP contribution in [0.3, 0.4) is 0 Å². The minimum atomic E-state index is -0.696. The molecule has 6 heteroatoms. The highest BCUT2D eigenvalue weighted by Crippen LogP contribution is 2.42. The van der Waals surface area contributed by atoms with Gasteiger partial charge >= 0.3 is 5.97 Å². The number of carboxylic acid groups (broad SMARTS) is 1. The van der Waals surface area contributed by atoms with Crippen molar-refractivity contribution >= 4 is 21.9 Å². The lowest BCUT2D eigenvalue weighted by atomic mass is 9.84. The molecule has 0 bridgehead atoms. The monoisotopic (exact) mass is 395 g/mol. The number of hydrogen-bond donors (Lipinski definition) is 1. The number of hydrogen-bond acceptors (Lipinski definition) is 4. The Labute approximate surface area is 150 Å². The summed E-state index contributed by atoms with van der Waals surface area (Å²) in [5, 5.41) is 9.67. The molecule has 0 amide bonds. The fraction of sp³-hybridized carbons (Fsp3) is 0.611. The molecule has 3 aliphatic rings. The summed E-state index contributed by atoms with van der Waals surface area (Å²) in [6.07, 6.45) is 5.48. The molecule has 1 aliphatic carbocycles. The van der Waals surface area contributed by atoms with E-state index in [-0.39, 0.29) is 6.04 Å². The summed E-state index contributed by atoms with van der Waals surface area (Å²) in [7, 11) is 0. The summed E-state index contributed by atoms with van der Waals surface area (Å²) in [6.45, 7) is 1.76. The van der Waals surface area contributed by atoms with Crippen molar-refractivity contribution in [2.45, 2.75) is 50.7 Å². The molecule has 130 valence electrons. The van der Waals surface area contributed by atoms with Gasteiger partial charge in [-0.25, -0.2) is 0 Å². The average molecular weight is 396 g/mol. The van der Waals surface area contributed by atoms with Crippen LogP contribution >= 0.6 is 15.9 Å². The van der Waals surface area contributed by atoms with Crippen LogP contribution < -0.4 is 9.47 Å². The first-order valence-corrected chi connectivity index (χ1v) is 9.49. The number of benzene rings is 1. The minimum Gasteiger partial charge on any atom is -0.486 e. The molecule has 1 aromatic carbocycles. The third kappa shape index (κ3) is 2.90. The molecule has 0 spiro atoms. The molecular formula is C18H22BrNO4.